The number of ether oxygens (including phenoxy) is 3. The predicted molar refractivity (Wildman–Crippen MR) is 69.8 cm³/mol. The van der Waals surface area contributed by atoms with E-state index in [0.29, 0.717) is 37.3 Å². The highest BCUT2D eigenvalue weighted by atomic mass is 79.9. The third-order valence-electron chi connectivity index (χ3n) is 1.88. The van der Waals surface area contributed by atoms with Crippen molar-refractivity contribution in [1.82, 2.24) is 4.98 Å². The zero-order valence-electron chi connectivity index (χ0n) is 9.62. The molecule has 4 nitrogen and oxygen atoms in total. The molecule has 96 valence electrons. The summed E-state index contributed by atoms with van der Waals surface area (Å²) in [6.07, 6.45) is 2.44. The van der Waals surface area contributed by atoms with Crippen molar-refractivity contribution in [2.75, 3.05) is 33.5 Å². The molecule has 0 fully saturated rings. The zero-order valence-corrected chi connectivity index (χ0v) is 12.0. The Kier molecular flexibility index (Phi) is 7.51. The first-order chi connectivity index (χ1) is 8.24. The van der Waals surface area contributed by atoms with Crippen LogP contribution in [0, 0.1) is 0 Å². The van der Waals surface area contributed by atoms with Crippen LogP contribution in [0.15, 0.2) is 16.7 Å². The molecule has 1 heterocycles. The Labute approximate surface area is 114 Å². The van der Waals surface area contributed by atoms with Crippen molar-refractivity contribution in [2.45, 2.75) is 6.42 Å². The van der Waals surface area contributed by atoms with Gasteiger partial charge >= 0.3 is 0 Å². The highest BCUT2D eigenvalue weighted by Gasteiger charge is 2.03. The molecule has 0 saturated carbocycles. The molecule has 0 aliphatic rings. The first-order valence-electron chi connectivity index (χ1n) is 5.24. The maximum Gasteiger partial charge on any atom is 0.232 e. The molecule has 0 atom stereocenters. The molecule has 1 rings (SSSR count). The smallest absolute Gasteiger partial charge is 0.232 e. The molecule has 6 heteroatoms. The summed E-state index contributed by atoms with van der Waals surface area (Å²) >= 11 is 9.22. The van der Waals surface area contributed by atoms with Gasteiger partial charge in [-0.25, -0.2) is 4.98 Å². The molecule has 0 aromatic carbocycles. The van der Waals surface area contributed by atoms with E-state index in [-0.39, 0.29) is 0 Å². The Morgan fingerprint density at radius 1 is 1.29 bits per heavy atom. The summed E-state index contributed by atoms with van der Waals surface area (Å²) in [5.41, 5.74) is 0. The lowest BCUT2D eigenvalue weighted by Gasteiger charge is -2.07. The number of hydrogen-bond acceptors (Lipinski definition) is 4. The van der Waals surface area contributed by atoms with Crippen LogP contribution >= 0.6 is 27.5 Å². The number of halogens is 2. The minimum atomic E-state index is 0.451. The van der Waals surface area contributed by atoms with Crippen LogP contribution in [0.4, 0.5) is 0 Å². The third kappa shape index (κ3) is 6.21. The highest BCUT2D eigenvalue weighted by molar-refractivity contribution is 9.10. The lowest BCUT2D eigenvalue weighted by atomic mass is 10.4. The van der Waals surface area contributed by atoms with E-state index in [1.165, 1.54) is 0 Å². The minimum Gasteiger partial charge on any atom is -0.477 e. The van der Waals surface area contributed by atoms with Crippen LogP contribution in [0.3, 0.4) is 0 Å². The van der Waals surface area contributed by atoms with E-state index in [1.807, 2.05) is 0 Å². The van der Waals surface area contributed by atoms with Gasteiger partial charge in [-0.15, -0.1) is 0 Å². The van der Waals surface area contributed by atoms with Crippen LogP contribution in [0.2, 0.25) is 5.02 Å². The summed E-state index contributed by atoms with van der Waals surface area (Å²) in [6.45, 7) is 2.38. The third-order valence-corrected chi connectivity index (χ3v) is 2.58. The van der Waals surface area contributed by atoms with E-state index in [2.05, 4.69) is 20.9 Å². The molecule has 0 aliphatic heterocycles. The Morgan fingerprint density at radius 3 is 2.82 bits per heavy atom. The van der Waals surface area contributed by atoms with Crippen LogP contribution < -0.4 is 4.74 Å². The van der Waals surface area contributed by atoms with Crippen molar-refractivity contribution in [1.29, 1.82) is 0 Å². The number of pyridine rings is 1. The second-order valence-corrected chi connectivity index (χ2v) is 4.57. The van der Waals surface area contributed by atoms with Gasteiger partial charge in [0.25, 0.3) is 0 Å². The normalized spacial score (nSPS) is 10.5. The highest BCUT2D eigenvalue weighted by Crippen LogP contribution is 2.24. The molecule has 0 saturated heterocycles. The predicted octanol–water partition coefficient (Wildman–Crippen LogP) is 2.93. The molecule has 17 heavy (non-hydrogen) atoms. The summed E-state index contributed by atoms with van der Waals surface area (Å²) in [4.78, 5) is 4.06. The van der Waals surface area contributed by atoms with Crippen molar-refractivity contribution in [3.8, 4) is 5.88 Å². The second kappa shape index (κ2) is 8.69. The number of rotatable bonds is 8. The van der Waals surface area contributed by atoms with E-state index in [9.17, 15) is 0 Å². The first-order valence-corrected chi connectivity index (χ1v) is 6.41. The molecule has 1 aromatic rings. The fourth-order valence-corrected chi connectivity index (χ4v) is 1.77. The molecule has 1 aromatic heterocycles. The number of hydrogen-bond donors (Lipinski definition) is 0. The summed E-state index contributed by atoms with van der Waals surface area (Å²) in [7, 11) is 1.65. The molecular weight excluding hydrogens is 309 g/mol. The van der Waals surface area contributed by atoms with Gasteiger partial charge < -0.3 is 14.2 Å². The van der Waals surface area contributed by atoms with Crippen molar-refractivity contribution < 1.29 is 14.2 Å². The topological polar surface area (TPSA) is 40.6 Å². The minimum absolute atomic E-state index is 0.451. The Morgan fingerprint density at radius 2 is 2.12 bits per heavy atom. The molecule has 0 aliphatic carbocycles. The van der Waals surface area contributed by atoms with E-state index in [4.69, 9.17) is 25.8 Å². The van der Waals surface area contributed by atoms with E-state index in [1.54, 1.807) is 19.4 Å². The van der Waals surface area contributed by atoms with Gasteiger partial charge in [0.15, 0.2) is 0 Å². The van der Waals surface area contributed by atoms with Crippen LogP contribution in [0.25, 0.3) is 0 Å². The van der Waals surface area contributed by atoms with Gasteiger partial charge in [-0.1, -0.05) is 11.6 Å². The van der Waals surface area contributed by atoms with Crippen molar-refractivity contribution in [2.24, 2.45) is 0 Å². The zero-order chi connectivity index (χ0) is 12.5. The molecule has 0 bridgehead atoms. The van der Waals surface area contributed by atoms with Gasteiger partial charge in [0.05, 0.1) is 19.8 Å². The van der Waals surface area contributed by atoms with Gasteiger partial charge in [0, 0.05) is 30.8 Å². The maximum atomic E-state index is 5.95. The lowest BCUT2D eigenvalue weighted by Crippen LogP contribution is -2.07. The fourth-order valence-electron chi connectivity index (χ4n) is 1.08. The Balaban J connectivity index is 2.14. The number of aromatic nitrogens is 1. The molecule has 0 N–H and O–H groups in total. The Hall–Kier alpha value is -0.360. The van der Waals surface area contributed by atoms with Crippen LogP contribution in [-0.4, -0.2) is 38.5 Å². The average Bonchev–Trinajstić information content (AvgIpc) is 2.30. The van der Waals surface area contributed by atoms with Gasteiger partial charge in [-0.05, 0) is 22.0 Å². The standard InChI is InChI=1S/C11H15BrClNO3/c1-15-5-6-16-3-2-4-17-11-10(13)7-9(12)8-14-11/h7-8H,2-6H2,1H3. The summed E-state index contributed by atoms with van der Waals surface area (Å²) in [6, 6.07) is 1.75. The van der Waals surface area contributed by atoms with E-state index in [0.717, 1.165) is 10.9 Å². The lowest BCUT2D eigenvalue weighted by molar-refractivity contribution is 0.0642. The van der Waals surface area contributed by atoms with Gasteiger partial charge in [-0.3, -0.25) is 0 Å². The number of nitrogens with zero attached hydrogens (tertiary/aromatic N) is 1. The number of methoxy groups -OCH3 is 1. The molecule has 0 spiro atoms. The quantitative estimate of drug-likeness (QED) is 0.689. The van der Waals surface area contributed by atoms with Crippen LogP contribution in [0.1, 0.15) is 6.42 Å². The monoisotopic (exact) mass is 323 g/mol. The maximum absolute atomic E-state index is 5.95. The van der Waals surface area contributed by atoms with E-state index < -0.39 is 0 Å². The molecule has 0 unspecified atom stereocenters. The molecule has 0 amide bonds. The average molecular weight is 325 g/mol. The van der Waals surface area contributed by atoms with Crippen molar-refractivity contribution in [3.63, 3.8) is 0 Å². The molecule has 0 radical (unpaired) electrons. The van der Waals surface area contributed by atoms with Gasteiger partial charge in [0.1, 0.15) is 5.02 Å². The Bertz CT molecular complexity index is 338. The van der Waals surface area contributed by atoms with Crippen LogP contribution in [0.5, 0.6) is 5.88 Å². The second-order valence-electron chi connectivity index (χ2n) is 3.25. The summed E-state index contributed by atoms with van der Waals surface area (Å²) in [5.74, 6) is 0.451. The van der Waals surface area contributed by atoms with Crippen molar-refractivity contribution in [3.05, 3.63) is 21.8 Å². The SMILES string of the molecule is COCCOCCCOc1ncc(Br)cc1Cl. The molecular formula is C11H15BrClNO3. The van der Waals surface area contributed by atoms with E-state index >= 15 is 0 Å². The largest absolute Gasteiger partial charge is 0.477 e. The van der Waals surface area contributed by atoms with Crippen LogP contribution in [-0.2, 0) is 9.47 Å². The van der Waals surface area contributed by atoms with Gasteiger partial charge in [-0.2, -0.15) is 0 Å². The first kappa shape index (κ1) is 14.7. The summed E-state index contributed by atoms with van der Waals surface area (Å²) < 4.78 is 16.4. The summed E-state index contributed by atoms with van der Waals surface area (Å²) in [5, 5.41) is 0.500. The van der Waals surface area contributed by atoms with Gasteiger partial charge in [0.2, 0.25) is 5.88 Å². The van der Waals surface area contributed by atoms with Crippen molar-refractivity contribution >= 4 is 27.5 Å². The fraction of sp³-hybridized carbons (Fsp3) is 0.545.